The van der Waals surface area contributed by atoms with Gasteiger partial charge in [-0.05, 0) is 32.6 Å². The number of fused-ring (bicyclic) bond motifs is 2. The monoisotopic (exact) mass is 269 g/mol. The molecule has 5 heteroatoms. The quantitative estimate of drug-likeness (QED) is 0.914. The van der Waals surface area contributed by atoms with Crippen molar-refractivity contribution in [1.29, 1.82) is 0 Å². The molecule has 2 atom stereocenters. The van der Waals surface area contributed by atoms with E-state index < -0.39 is 0 Å². The summed E-state index contributed by atoms with van der Waals surface area (Å²) in [7, 11) is 1.92. The lowest BCUT2D eigenvalue weighted by Gasteiger charge is -2.29. The number of piperidine rings is 1. The summed E-state index contributed by atoms with van der Waals surface area (Å²) in [6, 6.07) is 1.33. The molecular formula is C13H20ClN3O. The van der Waals surface area contributed by atoms with Gasteiger partial charge in [-0.1, -0.05) is 11.6 Å². The van der Waals surface area contributed by atoms with E-state index in [1.54, 1.807) is 0 Å². The maximum atomic E-state index is 6.23. The number of nitrogens with zero attached hydrogens (tertiary/aromatic N) is 2. The highest BCUT2D eigenvalue weighted by Gasteiger charge is 2.34. The van der Waals surface area contributed by atoms with Crippen LogP contribution in [0.15, 0.2) is 0 Å². The third-order valence-electron chi connectivity index (χ3n) is 4.15. The van der Waals surface area contributed by atoms with Crippen LogP contribution in [0.3, 0.4) is 0 Å². The lowest BCUT2D eigenvalue weighted by molar-refractivity contribution is 0.00643. The molecule has 0 amide bonds. The van der Waals surface area contributed by atoms with Gasteiger partial charge in [0.25, 0.3) is 0 Å². The molecule has 0 saturated carbocycles. The van der Waals surface area contributed by atoms with Gasteiger partial charge in [0, 0.05) is 19.1 Å². The average molecular weight is 270 g/mol. The molecule has 2 aliphatic heterocycles. The minimum absolute atomic E-state index is 0.370. The smallest absolute Gasteiger partial charge is 0.0903 e. The van der Waals surface area contributed by atoms with Gasteiger partial charge in [-0.15, -0.1) is 0 Å². The Morgan fingerprint density at radius 1 is 1.39 bits per heavy atom. The number of aryl methyl sites for hydroxylation is 2. The molecule has 0 aliphatic carbocycles. The number of aromatic nitrogens is 2. The molecule has 2 fully saturated rings. The van der Waals surface area contributed by atoms with Gasteiger partial charge in [-0.3, -0.25) is 4.68 Å². The standard InChI is InChI=1S/C13H20ClN3O/c1-8-13(14)12(17(2)16-8)7-18-11-5-9-3-4-10(6-11)15-9/h9-11,15H,3-7H2,1-2H3. The fourth-order valence-corrected chi connectivity index (χ4v) is 3.39. The number of rotatable bonds is 3. The van der Waals surface area contributed by atoms with Crippen LogP contribution in [0, 0.1) is 6.92 Å². The van der Waals surface area contributed by atoms with E-state index in [1.165, 1.54) is 12.8 Å². The van der Waals surface area contributed by atoms with Crippen LogP contribution in [0.1, 0.15) is 37.1 Å². The van der Waals surface area contributed by atoms with Crippen molar-refractivity contribution in [2.75, 3.05) is 0 Å². The average Bonchev–Trinajstić information content (AvgIpc) is 2.79. The predicted octanol–water partition coefficient (Wildman–Crippen LogP) is 2.18. The van der Waals surface area contributed by atoms with Crippen molar-refractivity contribution in [3.05, 3.63) is 16.4 Å². The second-order valence-corrected chi connectivity index (χ2v) is 5.89. The lowest BCUT2D eigenvalue weighted by atomic mass is 10.0. The van der Waals surface area contributed by atoms with E-state index in [0.29, 0.717) is 24.8 Å². The molecule has 3 rings (SSSR count). The minimum atomic E-state index is 0.370. The van der Waals surface area contributed by atoms with Crippen LogP contribution >= 0.6 is 11.6 Å². The van der Waals surface area contributed by atoms with E-state index in [9.17, 15) is 0 Å². The Balaban J connectivity index is 1.61. The van der Waals surface area contributed by atoms with Gasteiger partial charge in [-0.2, -0.15) is 5.10 Å². The summed E-state index contributed by atoms with van der Waals surface area (Å²) in [5, 5.41) is 8.68. The van der Waals surface area contributed by atoms with Gasteiger partial charge in [-0.25, -0.2) is 0 Å². The van der Waals surface area contributed by atoms with E-state index in [0.717, 1.165) is 29.3 Å². The molecule has 2 saturated heterocycles. The molecule has 0 radical (unpaired) electrons. The first kappa shape index (κ1) is 12.5. The summed E-state index contributed by atoms with van der Waals surface area (Å²) in [6.45, 7) is 2.50. The Morgan fingerprint density at radius 3 is 2.61 bits per heavy atom. The Labute approximate surface area is 113 Å². The van der Waals surface area contributed by atoms with Gasteiger partial charge >= 0.3 is 0 Å². The third-order valence-corrected chi connectivity index (χ3v) is 4.64. The molecule has 1 aromatic heterocycles. The third kappa shape index (κ3) is 2.29. The summed E-state index contributed by atoms with van der Waals surface area (Å²) in [5.74, 6) is 0. The van der Waals surface area contributed by atoms with Crippen molar-refractivity contribution in [3.8, 4) is 0 Å². The zero-order valence-corrected chi connectivity index (χ0v) is 11.7. The Hall–Kier alpha value is -0.580. The fraction of sp³-hybridized carbons (Fsp3) is 0.769. The van der Waals surface area contributed by atoms with Crippen molar-refractivity contribution in [2.24, 2.45) is 7.05 Å². The number of hydrogen-bond acceptors (Lipinski definition) is 3. The van der Waals surface area contributed by atoms with Crippen LogP contribution in [0.2, 0.25) is 5.02 Å². The molecule has 1 aromatic rings. The van der Waals surface area contributed by atoms with Crippen molar-refractivity contribution < 1.29 is 4.74 Å². The van der Waals surface area contributed by atoms with Crippen molar-refractivity contribution in [1.82, 2.24) is 15.1 Å². The first-order chi connectivity index (χ1) is 8.63. The number of hydrogen-bond donors (Lipinski definition) is 1. The molecule has 4 nitrogen and oxygen atoms in total. The van der Waals surface area contributed by atoms with E-state index in [-0.39, 0.29) is 0 Å². The highest BCUT2D eigenvalue weighted by atomic mass is 35.5. The number of halogens is 1. The van der Waals surface area contributed by atoms with Crippen LogP contribution in [0.25, 0.3) is 0 Å². The SMILES string of the molecule is Cc1nn(C)c(COC2CC3CCC(C2)N3)c1Cl. The molecule has 0 aromatic carbocycles. The summed E-state index contributed by atoms with van der Waals surface area (Å²) >= 11 is 6.23. The molecule has 0 spiro atoms. The maximum absolute atomic E-state index is 6.23. The van der Waals surface area contributed by atoms with E-state index >= 15 is 0 Å². The second kappa shape index (κ2) is 4.83. The Bertz CT molecular complexity index is 434. The van der Waals surface area contributed by atoms with E-state index in [1.807, 2.05) is 18.7 Å². The van der Waals surface area contributed by atoms with E-state index in [2.05, 4.69) is 10.4 Å². The second-order valence-electron chi connectivity index (χ2n) is 5.51. The summed E-state index contributed by atoms with van der Waals surface area (Å²) in [6.07, 6.45) is 5.23. The molecule has 100 valence electrons. The van der Waals surface area contributed by atoms with Crippen LogP contribution in [0.5, 0.6) is 0 Å². The summed E-state index contributed by atoms with van der Waals surface area (Å²) in [5.41, 5.74) is 1.86. The van der Waals surface area contributed by atoms with Crippen LogP contribution < -0.4 is 5.32 Å². The predicted molar refractivity (Wildman–Crippen MR) is 70.7 cm³/mol. The van der Waals surface area contributed by atoms with Crippen molar-refractivity contribution >= 4 is 11.6 Å². The van der Waals surface area contributed by atoms with Gasteiger partial charge < -0.3 is 10.1 Å². The normalized spacial score (nSPS) is 30.9. The molecule has 2 bridgehead atoms. The number of nitrogens with one attached hydrogen (secondary N) is 1. The first-order valence-electron chi connectivity index (χ1n) is 6.69. The molecule has 18 heavy (non-hydrogen) atoms. The Kier molecular flexibility index (Phi) is 3.34. The topological polar surface area (TPSA) is 39.1 Å². The van der Waals surface area contributed by atoms with Crippen LogP contribution in [-0.4, -0.2) is 28.0 Å². The van der Waals surface area contributed by atoms with E-state index in [4.69, 9.17) is 16.3 Å². The van der Waals surface area contributed by atoms with Crippen molar-refractivity contribution in [2.45, 2.75) is 57.4 Å². The lowest BCUT2D eigenvalue weighted by Crippen LogP contribution is -2.41. The summed E-state index contributed by atoms with van der Waals surface area (Å²) < 4.78 is 7.87. The fourth-order valence-electron chi connectivity index (χ4n) is 3.17. The van der Waals surface area contributed by atoms with Gasteiger partial charge in [0.1, 0.15) is 0 Å². The van der Waals surface area contributed by atoms with Crippen molar-refractivity contribution in [3.63, 3.8) is 0 Å². The Morgan fingerprint density at radius 2 is 2.06 bits per heavy atom. The maximum Gasteiger partial charge on any atom is 0.0903 e. The minimum Gasteiger partial charge on any atom is -0.372 e. The van der Waals surface area contributed by atoms with Crippen LogP contribution in [0.4, 0.5) is 0 Å². The molecular weight excluding hydrogens is 250 g/mol. The zero-order valence-electron chi connectivity index (χ0n) is 10.9. The zero-order chi connectivity index (χ0) is 12.7. The molecule has 2 aliphatic rings. The molecule has 2 unspecified atom stereocenters. The van der Waals surface area contributed by atoms with Crippen LogP contribution in [-0.2, 0) is 18.4 Å². The largest absolute Gasteiger partial charge is 0.372 e. The highest BCUT2D eigenvalue weighted by molar-refractivity contribution is 6.31. The molecule has 3 heterocycles. The number of ether oxygens (including phenoxy) is 1. The van der Waals surface area contributed by atoms with Gasteiger partial charge in [0.2, 0.25) is 0 Å². The van der Waals surface area contributed by atoms with Gasteiger partial charge in [0.05, 0.1) is 29.1 Å². The molecule has 1 N–H and O–H groups in total. The first-order valence-corrected chi connectivity index (χ1v) is 7.07. The highest BCUT2D eigenvalue weighted by Crippen LogP contribution is 2.29. The summed E-state index contributed by atoms with van der Waals surface area (Å²) in [4.78, 5) is 0. The van der Waals surface area contributed by atoms with Gasteiger partial charge in [0.15, 0.2) is 0 Å².